The molecule has 0 saturated heterocycles. The van der Waals surface area contributed by atoms with Crippen molar-refractivity contribution in [3.8, 4) is 17.3 Å². The average molecular weight is 519 g/mol. The van der Waals surface area contributed by atoms with Crippen LogP contribution in [0.1, 0.15) is 39.6 Å². The number of carbonyl (C=O) groups excluding carboxylic acids is 2. The number of benzene rings is 1. The Morgan fingerprint density at radius 2 is 1.50 bits per heavy atom. The van der Waals surface area contributed by atoms with Crippen LogP contribution in [0.5, 0.6) is 11.5 Å². The van der Waals surface area contributed by atoms with Crippen LogP contribution < -0.4 is 20.1 Å². The van der Waals surface area contributed by atoms with Gasteiger partial charge in [-0.25, -0.2) is 15.0 Å². The third-order valence-corrected chi connectivity index (χ3v) is 4.25. The van der Waals surface area contributed by atoms with Gasteiger partial charge in [0.15, 0.2) is 11.6 Å². The first kappa shape index (κ1) is 26.2. The molecule has 1 atom stereocenters. The molecule has 36 heavy (non-hydrogen) atoms. The molecule has 11 nitrogen and oxygen atoms in total. The largest absolute Gasteiger partial charge is 0.573 e. The molecule has 0 spiro atoms. The summed E-state index contributed by atoms with van der Waals surface area (Å²) in [4.78, 5) is 36.3. The second-order valence-corrected chi connectivity index (χ2v) is 6.85. The maximum atomic E-state index is 12.7. The summed E-state index contributed by atoms with van der Waals surface area (Å²) in [5.41, 5.74) is -0.628. The normalized spacial score (nSPS) is 12.6. The lowest BCUT2D eigenvalue weighted by molar-refractivity contribution is -0.276. The van der Waals surface area contributed by atoms with Gasteiger partial charge in [-0.3, -0.25) is 9.59 Å². The van der Waals surface area contributed by atoms with Crippen molar-refractivity contribution in [2.45, 2.75) is 25.7 Å². The monoisotopic (exact) mass is 519 g/mol. The smallest absolute Gasteiger partial charge is 0.406 e. The molecule has 1 aromatic carbocycles. The Balaban J connectivity index is 1.88. The number of carbonyl (C=O) groups is 2. The van der Waals surface area contributed by atoms with Gasteiger partial charge in [-0.05, 0) is 19.1 Å². The van der Waals surface area contributed by atoms with Gasteiger partial charge in [0.25, 0.3) is 11.8 Å². The molecule has 0 bridgehead atoms. The topological polar surface area (TPSA) is 133 Å². The van der Waals surface area contributed by atoms with Crippen LogP contribution in [0.2, 0.25) is 0 Å². The minimum absolute atomic E-state index is 0.000637. The summed E-state index contributed by atoms with van der Waals surface area (Å²) in [6, 6.07) is 1.80. The summed E-state index contributed by atoms with van der Waals surface area (Å²) in [6.07, 6.45) is -8.28. The predicted octanol–water partition coefficient (Wildman–Crippen LogP) is 2.71. The molecule has 2 aromatic heterocycles. The number of nitrogens with one attached hydrogen (secondary N) is 2. The molecular formula is C19H15F6N7O4. The predicted molar refractivity (Wildman–Crippen MR) is 106 cm³/mol. The Morgan fingerprint density at radius 3 is 2.06 bits per heavy atom. The van der Waals surface area contributed by atoms with Gasteiger partial charge in [0.2, 0.25) is 0 Å². The van der Waals surface area contributed by atoms with E-state index < -0.39 is 47.6 Å². The van der Waals surface area contributed by atoms with Crippen molar-refractivity contribution >= 4 is 11.8 Å². The molecule has 0 aliphatic carbocycles. The van der Waals surface area contributed by atoms with Crippen LogP contribution in [0.15, 0.2) is 36.9 Å². The standard InChI is InChI=1S/C19H15F6N7O4/c1-9(15-29-8-30-32(15)14-6-13(17(34)26-2)27-7-28-14)31-16(33)10-3-11(35-18(20,21)22)5-12(4-10)36-19(23,24)25/h3-9H,1-2H3,(H,26,34)(H,31,33)/t9-/m0/s1. The maximum Gasteiger partial charge on any atom is 0.573 e. The first-order valence-corrected chi connectivity index (χ1v) is 9.67. The van der Waals surface area contributed by atoms with Crippen LogP contribution in [0.4, 0.5) is 26.3 Å². The number of ether oxygens (including phenoxy) is 2. The highest BCUT2D eigenvalue weighted by Gasteiger charge is 2.34. The Hall–Kier alpha value is -4.44. The molecule has 2 heterocycles. The van der Waals surface area contributed by atoms with Crippen LogP contribution in [0.25, 0.3) is 5.82 Å². The van der Waals surface area contributed by atoms with Crippen molar-refractivity contribution in [2.75, 3.05) is 7.05 Å². The lowest BCUT2D eigenvalue weighted by Crippen LogP contribution is -2.29. The average Bonchev–Trinajstić information content (AvgIpc) is 3.26. The van der Waals surface area contributed by atoms with Gasteiger partial charge in [0.1, 0.15) is 29.8 Å². The van der Waals surface area contributed by atoms with Crippen molar-refractivity contribution in [3.63, 3.8) is 0 Å². The van der Waals surface area contributed by atoms with Gasteiger partial charge in [0, 0.05) is 24.7 Å². The number of rotatable bonds is 7. The zero-order chi connectivity index (χ0) is 26.7. The van der Waals surface area contributed by atoms with Crippen LogP contribution in [0, 0.1) is 0 Å². The van der Waals surface area contributed by atoms with E-state index in [0.29, 0.717) is 18.2 Å². The summed E-state index contributed by atoms with van der Waals surface area (Å²) >= 11 is 0. The molecule has 3 aromatic rings. The SMILES string of the molecule is CNC(=O)c1cc(-n2ncnc2[C@H](C)NC(=O)c2cc(OC(F)(F)F)cc(OC(F)(F)F)c2)ncn1. The molecule has 17 heteroatoms. The lowest BCUT2D eigenvalue weighted by atomic mass is 10.1. The van der Waals surface area contributed by atoms with Gasteiger partial charge in [0.05, 0.1) is 6.04 Å². The number of halogens is 6. The zero-order valence-electron chi connectivity index (χ0n) is 18.2. The van der Waals surface area contributed by atoms with E-state index >= 15 is 0 Å². The van der Waals surface area contributed by atoms with E-state index in [4.69, 9.17) is 0 Å². The van der Waals surface area contributed by atoms with Gasteiger partial charge in [-0.2, -0.15) is 9.78 Å². The molecular weight excluding hydrogens is 504 g/mol. The summed E-state index contributed by atoms with van der Waals surface area (Å²) < 4.78 is 84.1. The minimum atomic E-state index is -5.24. The van der Waals surface area contributed by atoms with Gasteiger partial charge in [-0.15, -0.1) is 26.3 Å². The Morgan fingerprint density at radius 1 is 0.889 bits per heavy atom. The number of amides is 2. The molecule has 0 aliphatic heterocycles. The first-order valence-electron chi connectivity index (χ1n) is 9.67. The molecule has 192 valence electrons. The van der Waals surface area contributed by atoms with E-state index in [1.165, 1.54) is 20.0 Å². The molecule has 0 unspecified atom stereocenters. The number of aromatic nitrogens is 5. The molecule has 2 amide bonds. The van der Waals surface area contributed by atoms with Crippen LogP contribution >= 0.6 is 0 Å². The minimum Gasteiger partial charge on any atom is -0.406 e. The van der Waals surface area contributed by atoms with Crippen LogP contribution in [-0.2, 0) is 0 Å². The summed E-state index contributed by atoms with van der Waals surface area (Å²) in [6.45, 7) is 1.42. The number of hydrogen-bond donors (Lipinski definition) is 2. The van der Waals surface area contributed by atoms with Gasteiger partial charge in [-0.1, -0.05) is 0 Å². The van der Waals surface area contributed by atoms with Gasteiger partial charge < -0.3 is 20.1 Å². The van der Waals surface area contributed by atoms with E-state index in [2.05, 4.69) is 40.2 Å². The molecule has 0 saturated carbocycles. The highest BCUT2D eigenvalue weighted by Crippen LogP contribution is 2.31. The molecule has 0 aliphatic rings. The highest BCUT2D eigenvalue weighted by molar-refractivity contribution is 5.95. The highest BCUT2D eigenvalue weighted by atomic mass is 19.4. The second kappa shape index (κ2) is 10.0. The third-order valence-electron chi connectivity index (χ3n) is 4.25. The summed E-state index contributed by atoms with van der Waals surface area (Å²) in [7, 11) is 1.39. The Bertz CT molecular complexity index is 1230. The van der Waals surface area contributed by atoms with E-state index in [1.54, 1.807) is 0 Å². The van der Waals surface area contributed by atoms with Crippen LogP contribution in [0.3, 0.4) is 0 Å². The number of alkyl halides is 6. The van der Waals surface area contributed by atoms with E-state index in [-0.39, 0.29) is 17.3 Å². The molecule has 0 radical (unpaired) electrons. The fraction of sp³-hybridized carbons (Fsp3) is 0.263. The third kappa shape index (κ3) is 6.80. The summed E-state index contributed by atoms with van der Waals surface area (Å²) in [5, 5.41) is 8.72. The van der Waals surface area contributed by atoms with E-state index in [9.17, 15) is 35.9 Å². The van der Waals surface area contributed by atoms with Crippen molar-refractivity contribution < 1.29 is 45.4 Å². The lowest BCUT2D eigenvalue weighted by Gasteiger charge is -2.17. The van der Waals surface area contributed by atoms with Crippen LogP contribution in [-0.4, -0.2) is 56.3 Å². The number of nitrogens with zero attached hydrogens (tertiary/aromatic N) is 5. The van der Waals surface area contributed by atoms with E-state index in [1.807, 2.05) is 0 Å². The fourth-order valence-electron chi connectivity index (χ4n) is 2.87. The van der Waals surface area contributed by atoms with Crippen molar-refractivity contribution in [3.05, 3.63) is 54.0 Å². The molecule has 3 rings (SSSR count). The Labute approximate surface area is 197 Å². The van der Waals surface area contributed by atoms with E-state index in [0.717, 1.165) is 17.3 Å². The van der Waals surface area contributed by atoms with Crippen molar-refractivity contribution in [1.29, 1.82) is 0 Å². The number of hydrogen-bond acceptors (Lipinski definition) is 8. The second-order valence-electron chi connectivity index (χ2n) is 6.85. The molecule has 2 N–H and O–H groups in total. The first-order chi connectivity index (χ1) is 16.8. The maximum absolute atomic E-state index is 12.7. The molecule has 0 fully saturated rings. The quantitative estimate of drug-likeness (QED) is 0.456. The zero-order valence-corrected chi connectivity index (χ0v) is 18.2. The Kier molecular flexibility index (Phi) is 7.30. The van der Waals surface area contributed by atoms with Gasteiger partial charge >= 0.3 is 12.7 Å². The van der Waals surface area contributed by atoms with Crippen molar-refractivity contribution in [1.82, 2.24) is 35.4 Å². The van der Waals surface area contributed by atoms with Crippen molar-refractivity contribution in [2.24, 2.45) is 0 Å². The fourth-order valence-corrected chi connectivity index (χ4v) is 2.87. The summed E-state index contributed by atoms with van der Waals surface area (Å²) in [5.74, 6) is -3.64.